The van der Waals surface area contributed by atoms with Crippen LogP contribution in [0.15, 0.2) is 17.9 Å². The van der Waals surface area contributed by atoms with Gasteiger partial charge in [0.1, 0.15) is 5.76 Å². The zero-order valence-electron chi connectivity index (χ0n) is 18.0. The molecule has 29 heavy (non-hydrogen) atoms. The number of esters is 1. The lowest BCUT2D eigenvalue weighted by molar-refractivity contribution is -0.162. The fraction of sp³-hybridized carbons (Fsp3) is 0.500. The van der Waals surface area contributed by atoms with Crippen molar-refractivity contribution in [2.75, 3.05) is 20.2 Å². The normalized spacial score (nSPS) is 19.1. The van der Waals surface area contributed by atoms with Gasteiger partial charge in [0.2, 0.25) is 0 Å². The number of aryl methyl sites for hydroxylation is 2. The van der Waals surface area contributed by atoms with Crippen molar-refractivity contribution < 1.29 is 19.2 Å². The van der Waals surface area contributed by atoms with Gasteiger partial charge in [-0.3, -0.25) is 9.59 Å². The molecule has 1 heterocycles. The number of ketones is 1. The molecule has 154 valence electrons. The van der Waals surface area contributed by atoms with Gasteiger partial charge in [0, 0.05) is 38.4 Å². The average Bonchev–Trinajstić information content (AvgIpc) is 2.64. The number of hydrogen-bond acceptors (Lipinski definition) is 5. The summed E-state index contributed by atoms with van der Waals surface area (Å²) in [5, 5.41) is 1.92. The number of benzene rings is 1. The molecular formula is C24H29NO4. The van der Waals surface area contributed by atoms with Crippen LogP contribution >= 0.6 is 0 Å². The number of rotatable bonds is 3. The lowest BCUT2D eigenvalue weighted by Gasteiger charge is -2.43. The van der Waals surface area contributed by atoms with Crippen molar-refractivity contribution in [3.8, 4) is 11.8 Å². The Hall–Kier alpha value is -2.42. The first kappa shape index (κ1) is 21.3. The second-order valence-corrected chi connectivity index (χ2v) is 8.14. The van der Waals surface area contributed by atoms with Crippen molar-refractivity contribution in [3.05, 3.63) is 40.1 Å². The molecule has 5 nitrogen and oxygen atoms in total. The van der Waals surface area contributed by atoms with Gasteiger partial charge >= 0.3 is 5.97 Å². The predicted octanol–water partition coefficient (Wildman–Crippen LogP) is 3.96. The van der Waals surface area contributed by atoms with Gasteiger partial charge in [0.15, 0.2) is 5.78 Å². The number of Topliss-reactive ketones (excluding diaryl/α,β-unsaturated/α-hetero) is 1. The van der Waals surface area contributed by atoms with E-state index in [0.29, 0.717) is 24.2 Å². The Morgan fingerprint density at radius 1 is 1.14 bits per heavy atom. The maximum absolute atomic E-state index is 13.4. The molecule has 1 saturated heterocycles. The van der Waals surface area contributed by atoms with Crippen molar-refractivity contribution in [2.45, 2.75) is 53.4 Å². The zero-order chi connectivity index (χ0) is 21.2. The van der Waals surface area contributed by atoms with E-state index in [1.807, 2.05) is 31.0 Å². The van der Waals surface area contributed by atoms with Crippen molar-refractivity contribution in [1.82, 2.24) is 5.06 Å². The second-order valence-electron chi connectivity index (χ2n) is 8.14. The fourth-order valence-corrected chi connectivity index (χ4v) is 4.69. The van der Waals surface area contributed by atoms with E-state index in [4.69, 9.17) is 9.57 Å². The summed E-state index contributed by atoms with van der Waals surface area (Å²) in [4.78, 5) is 30.6. The van der Waals surface area contributed by atoms with Gasteiger partial charge in [-0.25, -0.2) is 0 Å². The number of hydrogen-bond donors (Lipinski definition) is 0. The summed E-state index contributed by atoms with van der Waals surface area (Å²) in [6.45, 7) is 8.71. The van der Waals surface area contributed by atoms with Crippen LogP contribution in [-0.2, 0) is 19.2 Å². The van der Waals surface area contributed by atoms with Gasteiger partial charge < -0.3 is 9.57 Å². The van der Waals surface area contributed by atoms with Crippen LogP contribution in [0.2, 0.25) is 0 Å². The van der Waals surface area contributed by atoms with Crippen LogP contribution in [0.4, 0.5) is 0 Å². The molecule has 0 amide bonds. The number of allylic oxidation sites excluding steroid dienone is 2. The second kappa shape index (κ2) is 8.52. The molecule has 1 aromatic rings. The topological polar surface area (TPSA) is 55.8 Å². The highest BCUT2D eigenvalue weighted by Gasteiger charge is 2.44. The summed E-state index contributed by atoms with van der Waals surface area (Å²) in [6, 6.07) is 3.98. The largest absolute Gasteiger partial charge is 0.430 e. The Balaban J connectivity index is 2.07. The highest BCUT2D eigenvalue weighted by atomic mass is 16.7. The summed E-state index contributed by atoms with van der Waals surface area (Å²) in [5.41, 5.74) is 4.13. The van der Waals surface area contributed by atoms with Gasteiger partial charge in [-0.05, 0) is 67.9 Å². The Morgan fingerprint density at radius 3 is 2.28 bits per heavy atom. The van der Waals surface area contributed by atoms with Gasteiger partial charge in [-0.2, -0.15) is 5.06 Å². The number of nitrogens with zero attached hydrogens (tertiary/aromatic N) is 1. The van der Waals surface area contributed by atoms with Crippen molar-refractivity contribution >= 4 is 17.3 Å². The third-order valence-corrected chi connectivity index (χ3v) is 5.99. The smallest absolute Gasteiger partial charge is 0.307 e. The van der Waals surface area contributed by atoms with E-state index in [0.717, 1.165) is 48.2 Å². The minimum atomic E-state index is -0.388. The summed E-state index contributed by atoms with van der Waals surface area (Å²) >= 11 is 0. The van der Waals surface area contributed by atoms with Crippen LogP contribution in [0, 0.1) is 31.1 Å². The van der Waals surface area contributed by atoms with Crippen LogP contribution in [-0.4, -0.2) is 37.0 Å². The molecule has 0 bridgehead atoms. The van der Waals surface area contributed by atoms with Crippen LogP contribution in [0.1, 0.15) is 61.8 Å². The van der Waals surface area contributed by atoms with Gasteiger partial charge in [0.05, 0.1) is 12.7 Å². The van der Waals surface area contributed by atoms with Crippen LogP contribution in [0.3, 0.4) is 0 Å². The predicted molar refractivity (Wildman–Crippen MR) is 112 cm³/mol. The van der Waals surface area contributed by atoms with Gasteiger partial charge in [-0.1, -0.05) is 5.92 Å². The maximum Gasteiger partial charge on any atom is 0.307 e. The summed E-state index contributed by atoms with van der Waals surface area (Å²) in [7, 11) is 1.67. The van der Waals surface area contributed by atoms with E-state index in [9.17, 15) is 9.59 Å². The first-order chi connectivity index (χ1) is 13.8. The molecule has 1 aliphatic heterocycles. The SMILES string of the molecule is CC#Cc1cc(C)c(C2=C(OC(C)=O)CC3(CCN(OC)CC3)CC2=O)c(C)c1. The van der Waals surface area contributed by atoms with E-state index in [2.05, 4.69) is 11.8 Å². The molecule has 5 heteroatoms. The van der Waals surface area contributed by atoms with Crippen molar-refractivity contribution in [2.24, 2.45) is 5.41 Å². The fourth-order valence-electron chi connectivity index (χ4n) is 4.69. The molecule has 3 rings (SSSR count). The number of carbonyl (C=O) groups excluding carboxylic acids is 2. The molecular weight excluding hydrogens is 366 g/mol. The average molecular weight is 395 g/mol. The lowest BCUT2D eigenvalue weighted by atomic mass is 9.66. The van der Waals surface area contributed by atoms with E-state index in [-0.39, 0.29) is 17.2 Å². The molecule has 2 aliphatic rings. The molecule has 0 N–H and O–H groups in total. The van der Waals surface area contributed by atoms with Gasteiger partial charge in [0.25, 0.3) is 0 Å². The van der Waals surface area contributed by atoms with Crippen LogP contribution in [0.25, 0.3) is 5.57 Å². The number of ether oxygens (including phenoxy) is 1. The molecule has 1 aliphatic carbocycles. The van der Waals surface area contributed by atoms with Crippen LogP contribution < -0.4 is 0 Å². The lowest BCUT2D eigenvalue weighted by Crippen LogP contribution is -2.43. The standard InChI is InChI=1S/C24H29NO4/c1-6-7-19-12-16(2)22(17(3)13-19)23-20(27)14-24(15-21(23)29-18(4)26)8-10-25(28-5)11-9-24/h12-13H,8-11,14-15H2,1-5H3. The molecule has 0 atom stereocenters. The molecule has 1 aromatic carbocycles. The van der Waals surface area contributed by atoms with Crippen molar-refractivity contribution in [3.63, 3.8) is 0 Å². The number of carbonyl (C=O) groups is 2. The first-order valence-electron chi connectivity index (χ1n) is 10.1. The Morgan fingerprint density at radius 2 is 1.76 bits per heavy atom. The Labute approximate surface area is 173 Å². The summed E-state index contributed by atoms with van der Waals surface area (Å²) in [5.74, 6) is 6.17. The van der Waals surface area contributed by atoms with Crippen molar-refractivity contribution in [1.29, 1.82) is 0 Å². The molecule has 0 radical (unpaired) electrons. The highest BCUT2D eigenvalue weighted by molar-refractivity contribution is 6.23. The van der Waals surface area contributed by atoms with E-state index in [1.54, 1.807) is 14.0 Å². The summed E-state index contributed by atoms with van der Waals surface area (Å²) in [6.07, 6.45) is 2.75. The molecule has 1 fully saturated rings. The van der Waals surface area contributed by atoms with E-state index < -0.39 is 0 Å². The third kappa shape index (κ3) is 4.44. The van der Waals surface area contributed by atoms with E-state index in [1.165, 1.54) is 6.92 Å². The Kier molecular flexibility index (Phi) is 6.26. The first-order valence-corrected chi connectivity index (χ1v) is 10.1. The maximum atomic E-state index is 13.4. The molecule has 0 saturated carbocycles. The minimum absolute atomic E-state index is 0.0545. The minimum Gasteiger partial charge on any atom is -0.430 e. The summed E-state index contributed by atoms with van der Waals surface area (Å²) < 4.78 is 5.64. The van der Waals surface area contributed by atoms with Gasteiger partial charge in [-0.15, -0.1) is 5.92 Å². The molecule has 0 aromatic heterocycles. The Bertz CT molecular complexity index is 901. The highest BCUT2D eigenvalue weighted by Crippen LogP contribution is 2.48. The number of piperidine rings is 1. The monoisotopic (exact) mass is 395 g/mol. The van der Waals surface area contributed by atoms with E-state index >= 15 is 0 Å². The number of hydroxylamine groups is 2. The van der Waals surface area contributed by atoms with Crippen LogP contribution in [0.5, 0.6) is 0 Å². The molecule has 1 spiro atoms. The zero-order valence-corrected chi connectivity index (χ0v) is 18.0. The molecule has 0 unspecified atom stereocenters. The third-order valence-electron chi connectivity index (χ3n) is 5.99. The quantitative estimate of drug-likeness (QED) is 0.573.